The van der Waals surface area contributed by atoms with Gasteiger partial charge < -0.3 is 9.47 Å². The van der Waals surface area contributed by atoms with E-state index in [9.17, 15) is 4.79 Å². The molecule has 0 saturated carbocycles. The Morgan fingerprint density at radius 1 is 1.20 bits per heavy atom. The van der Waals surface area contributed by atoms with Crippen molar-refractivity contribution in [2.75, 3.05) is 6.79 Å². The quantitative estimate of drug-likeness (QED) is 0.555. The normalized spacial score (nSPS) is 13.9. The van der Waals surface area contributed by atoms with Crippen LogP contribution in [0.3, 0.4) is 0 Å². The number of carbonyl (C=O) groups excluding carboxylic acids is 1. The van der Waals surface area contributed by atoms with E-state index in [4.69, 9.17) is 9.47 Å². The monoisotopic (exact) mass is 201 g/mol. The highest BCUT2D eigenvalue weighted by molar-refractivity contribution is 5.67. The van der Waals surface area contributed by atoms with Gasteiger partial charge in [0.1, 0.15) is 0 Å². The van der Waals surface area contributed by atoms with Crippen LogP contribution in [-0.4, -0.2) is 13.1 Å². The fourth-order valence-corrected chi connectivity index (χ4v) is 1.28. The molecular formula is C12H9O3. The lowest BCUT2D eigenvalue weighted by molar-refractivity contribution is 0.174. The van der Waals surface area contributed by atoms with E-state index in [1.165, 1.54) is 6.08 Å². The van der Waals surface area contributed by atoms with Gasteiger partial charge in [-0.2, -0.15) is 0 Å². The van der Waals surface area contributed by atoms with Gasteiger partial charge in [-0.05, 0) is 23.8 Å². The molecule has 1 heterocycles. The smallest absolute Gasteiger partial charge is 0.231 e. The van der Waals surface area contributed by atoms with Gasteiger partial charge in [-0.25, -0.2) is 0 Å². The predicted octanol–water partition coefficient (Wildman–Crippen LogP) is 2.09. The molecule has 2 rings (SSSR count). The molecule has 0 unspecified atom stereocenters. The Balaban J connectivity index is 2.13. The van der Waals surface area contributed by atoms with Gasteiger partial charge in [0.15, 0.2) is 11.5 Å². The van der Waals surface area contributed by atoms with Crippen molar-refractivity contribution in [3.05, 3.63) is 42.0 Å². The molecule has 1 radical (unpaired) electrons. The van der Waals surface area contributed by atoms with Crippen molar-refractivity contribution < 1.29 is 14.3 Å². The molecule has 0 spiro atoms. The summed E-state index contributed by atoms with van der Waals surface area (Å²) < 4.78 is 10.4. The lowest BCUT2D eigenvalue weighted by Crippen LogP contribution is -1.92. The van der Waals surface area contributed by atoms with Crippen LogP contribution in [0.25, 0.3) is 6.08 Å². The fourth-order valence-electron chi connectivity index (χ4n) is 1.28. The molecule has 0 atom stereocenters. The molecule has 0 amide bonds. The maximum absolute atomic E-state index is 9.89. The van der Waals surface area contributed by atoms with Crippen molar-refractivity contribution in [1.29, 1.82) is 0 Å². The fraction of sp³-hybridized carbons (Fsp3) is 0.0833. The maximum atomic E-state index is 9.89. The SMILES string of the molecule is O=[C]C=CC=Cc1ccc2c(c1)OCO2. The second-order valence-electron chi connectivity index (χ2n) is 2.95. The molecule has 1 aromatic rings. The number of allylic oxidation sites excluding steroid dienone is 3. The van der Waals surface area contributed by atoms with Crippen molar-refractivity contribution >= 4 is 12.4 Å². The molecule has 0 fully saturated rings. The zero-order valence-electron chi connectivity index (χ0n) is 7.97. The Morgan fingerprint density at radius 2 is 2.07 bits per heavy atom. The van der Waals surface area contributed by atoms with Crippen LogP contribution < -0.4 is 9.47 Å². The van der Waals surface area contributed by atoms with Gasteiger partial charge in [-0.15, -0.1) is 0 Å². The van der Waals surface area contributed by atoms with Crippen LogP contribution >= 0.6 is 0 Å². The highest BCUT2D eigenvalue weighted by Gasteiger charge is 2.11. The zero-order valence-corrected chi connectivity index (χ0v) is 7.97. The van der Waals surface area contributed by atoms with Crippen LogP contribution in [0.15, 0.2) is 36.4 Å². The summed E-state index contributed by atoms with van der Waals surface area (Å²) in [6.45, 7) is 0.280. The number of rotatable bonds is 3. The molecular weight excluding hydrogens is 192 g/mol. The summed E-state index contributed by atoms with van der Waals surface area (Å²) in [7, 11) is 0. The van der Waals surface area contributed by atoms with Crippen molar-refractivity contribution in [1.82, 2.24) is 0 Å². The third-order valence-electron chi connectivity index (χ3n) is 1.96. The number of fused-ring (bicyclic) bond motifs is 1. The summed E-state index contributed by atoms with van der Waals surface area (Å²) in [6.07, 6.45) is 8.24. The number of hydrogen-bond donors (Lipinski definition) is 0. The van der Waals surface area contributed by atoms with E-state index < -0.39 is 0 Å². The lowest BCUT2D eigenvalue weighted by Gasteiger charge is -1.96. The van der Waals surface area contributed by atoms with E-state index in [-0.39, 0.29) is 6.79 Å². The minimum Gasteiger partial charge on any atom is -0.454 e. The topological polar surface area (TPSA) is 35.5 Å². The Kier molecular flexibility index (Phi) is 2.83. The summed E-state index contributed by atoms with van der Waals surface area (Å²) in [5.74, 6) is 1.52. The first-order valence-electron chi connectivity index (χ1n) is 4.51. The van der Waals surface area contributed by atoms with Crippen LogP contribution in [0.5, 0.6) is 11.5 Å². The van der Waals surface area contributed by atoms with Crippen molar-refractivity contribution in [2.24, 2.45) is 0 Å². The molecule has 0 aromatic heterocycles. The van der Waals surface area contributed by atoms with Gasteiger partial charge >= 0.3 is 0 Å². The third kappa shape index (κ3) is 2.26. The Hall–Kier alpha value is -2.03. The molecule has 3 nitrogen and oxygen atoms in total. The second kappa shape index (κ2) is 4.46. The van der Waals surface area contributed by atoms with Crippen molar-refractivity contribution in [3.8, 4) is 11.5 Å². The van der Waals surface area contributed by atoms with E-state index >= 15 is 0 Å². The van der Waals surface area contributed by atoms with Gasteiger partial charge in [0.25, 0.3) is 0 Å². The second-order valence-corrected chi connectivity index (χ2v) is 2.95. The van der Waals surface area contributed by atoms with Crippen LogP contribution in [0.2, 0.25) is 0 Å². The summed E-state index contributed by atoms with van der Waals surface area (Å²) in [5, 5.41) is 0. The zero-order chi connectivity index (χ0) is 10.5. The molecule has 3 heteroatoms. The molecule has 1 aliphatic rings. The van der Waals surface area contributed by atoms with Gasteiger partial charge in [0.2, 0.25) is 13.1 Å². The number of ether oxygens (including phenoxy) is 2. The Labute approximate surface area is 87.6 Å². The highest BCUT2D eigenvalue weighted by Crippen LogP contribution is 2.32. The minimum atomic E-state index is 0.280. The van der Waals surface area contributed by atoms with Crippen LogP contribution in [0.1, 0.15) is 5.56 Å². The van der Waals surface area contributed by atoms with Gasteiger partial charge in [0.05, 0.1) is 0 Å². The maximum Gasteiger partial charge on any atom is 0.231 e. The summed E-state index contributed by atoms with van der Waals surface area (Å²) in [5.41, 5.74) is 0.995. The van der Waals surface area contributed by atoms with E-state index in [0.717, 1.165) is 17.1 Å². The average molecular weight is 201 g/mol. The Morgan fingerprint density at radius 3 is 2.93 bits per heavy atom. The molecule has 0 bridgehead atoms. The molecule has 15 heavy (non-hydrogen) atoms. The van der Waals surface area contributed by atoms with E-state index in [1.807, 2.05) is 24.3 Å². The van der Waals surface area contributed by atoms with Gasteiger partial charge in [-0.1, -0.05) is 24.3 Å². The molecule has 0 saturated heterocycles. The van der Waals surface area contributed by atoms with Crippen molar-refractivity contribution in [2.45, 2.75) is 0 Å². The third-order valence-corrected chi connectivity index (χ3v) is 1.96. The first-order valence-corrected chi connectivity index (χ1v) is 4.51. The highest BCUT2D eigenvalue weighted by atomic mass is 16.7. The van der Waals surface area contributed by atoms with E-state index in [0.29, 0.717) is 0 Å². The largest absolute Gasteiger partial charge is 0.454 e. The number of benzene rings is 1. The Bertz CT molecular complexity index is 419. The van der Waals surface area contributed by atoms with Crippen LogP contribution in [0, 0.1) is 0 Å². The van der Waals surface area contributed by atoms with Crippen molar-refractivity contribution in [3.63, 3.8) is 0 Å². The number of hydrogen-bond acceptors (Lipinski definition) is 3. The molecule has 1 aromatic carbocycles. The summed E-state index contributed by atoms with van der Waals surface area (Å²) in [4.78, 5) is 9.89. The average Bonchev–Trinajstić information content (AvgIpc) is 2.71. The van der Waals surface area contributed by atoms with Crippen LogP contribution in [0.4, 0.5) is 0 Å². The van der Waals surface area contributed by atoms with Gasteiger partial charge in [-0.3, -0.25) is 4.79 Å². The summed E-state index contributed by atoms with van der Waals surface area (Å²) in [6, 6.07) is 5.66. The predicted molar refractivity (Wildman–Crippen MR) is 56.4 cm³/mol. The van der Waals surface area contributed by atoms with Gasteiger partial charge in [0, 0.05) is 0 Å². The molecule has 75 valence electrons. The molecule has 1 aliphatic heterocycles. The van der Waals surface area contributed by atoms with E-state index in [1.54, 1.807) is 18.4 Å². The molecule has 0 aliphatic carbocycles. The van der Waals surface area contributed by atoms with Crippen LogP contribution in [-0.2, 0) is 4.79 Å². The first kappa shape index (κ1) is 9.52. The minimum absolute atomic E-state index is 0.280. The standard InChI is InChI=1S/C12H9O3/c13-7-3-1-2-4-10-5-6-11-12(8-10)15-9-14-11/h1-6,8H,9H2. The lowest BCUT2D eigenvalue weighted by atomic mass is 10.2. The molecule has 0 N–H and O–H groups in total. The first-order chi connectivity index (χ1) is 7.40. The van der Waals surface area contributed by atoms with E-state index in [2.05, 4.69) is 0 Å². The summed E-state index contributed by atoms with van der Waals surface area (Å²) >= 11 is 0.